The van der Waals surface area contributed by atoms with Crippen molar-refractivity contribution in [3.05, 3.63) is 39.7 Å². The molecule has 0 aliphatic rings. The summed E-state index contributed by atoms with van der Waals surface area (Å²) in [4.78, 5) is 24.1. The zero-order valence-electron chi connectivity index (χ0n) is 16.0. The Hall–Kier alpha value is -2.29. The third kappa shape index (κ3) is 4.83. The maximum atomic E-state index is 13.9. The van der Waals surface area contributed by atoms with Crippen LogP contribution < -0.4 is 5.32 Å². The molecule has 2 aromatic rings. The summed E-state index contributed by atoms with van der Waals surface area (Å²) in [5.74, 6) is -25.3. The van der Waals surface area contributed by atoms with Gasteiger partial charge in [0.25, 0.3) is 0 Å². The molecule has 0 spiro atoms. The smallest absolute Gasteiger partial charge is 0.460 e. The highest BCUT2D eigenvalue weighted by Gasteiger charge is 2.83. The van der Waals surface area contributed by atoms with Gasteiger partial charge >= 0.3 is 35.8 Å². The number of halogens is 10. The molecule has 0 aliphatic heterocycles. The number of carbonyl (C=O) groups is 2. The zero-order valence-corrected chi connectivity index (χ0v) is 18.4. The van der Waals surface area contributed by atoms with Crippen molar-refractivity contribution in [2.75, 3.05) is 11.9 Å². The molecule has 2 rings (SSSR count). The second kappa shape index (κ2) is 9.16. The van der Waals surface area contributed by atoms with E-state index in [-0.39, 0.29) is 12.2 Å². The molecular weight excluding hydrogens is 561 g/mol. The van der Waals surface area contributed by atoms with Gasteiger partial charge in [0.2, 0.25) is 0 Å². The van der Waals surface area contributed by atoms with Crippen LogP contribution in [0.5, 0.6) is 0 Å². The lowest BCUT2D eigenvalue weighted by molar-refractivity contribution is -0.388. The van der Waals surface area contributed by atoms with E-state index >= 15 is 0 Å². The van der Waals surface area contributed by atoms with Crippen LogP contribution in [-0.2, 0) is 9.53 Å². The molecule has 0 saturated heterocycles. The fraction of sp³-hybridized carbons (Fsp3) is 0.333. The van der Waals surface area contributed by atoms with Crippen molar-refractivity contribution in [1.29, 1.82) is 0 Å². The van der Waals surface area contributed by atoms with Crippen LogP contribution in [0.25, 0.3) is 11.1 Å². The SMILES string of the molecule is CCOC(=O)c1c(-c2ccc(Br)cc2)csc1NC(=O)C(F)(F)C(F)(F)C(F)(F)C(F)(F)F. The monoisotopic (exact) mass is 571 g/mol. The molecule has 1 N–H and O–H groups in total. The van der Waals surface area contributed by atoms with Gasteiger partial charge < -0.3 is 10.1 Å². The summed E-state index contributed by atoms with van der Waals surface area (Å²) in [6, 6.07) is 5.95. The maximum Gasteiger partial charge on any atom is 0.460 e. The molecule has 0 bridgehead atoms. The van der Waals surface area contributed by atoms with Crippen LogP contribution in [0, 0.1) is 0 Å². The first-order chi connectivity index (χ1) is 15.0. The fourth-order valence-electron chi connectivity index (χ4n) is 2.40. The first-order valence-corrected chi connectivity index (χ1v) is 10.2. The number of carbonyl (C=O) groups excluding carboxylic acids is 2. The number of alkyl halides is 9. The van der Waals surface area contributed by atoms with E-state index in [0.717, 1.165) is 10.7 Å². The van der Waals surface area contributed by atoms with Gasteiger partial charge in [-0.25, -0.2) is 4.79 Å². The van der Waals surface area contributed by atoms with Crippen LogP contribution in [0.1, 0.15) is 17.3 Å². The number of thiophene rings is 1. The number of nitrogens with one attached hydrogen (secondary N) is 1. The van der Waals surface area contributed by atoms with Gasteiger partial charge in [-0.2, -0.15) is 39.5 Å². The Morgan fingerprint density at radius 1 is 0.970 bits per heavy atom. The minimum atomic E-state index is -7.23. The van der Waals surface area contributed by atoms with Crippen molar-refractivity contribution in [2.24, 2.45) is 0 Å². The van der Waals surface area contributed by atoms with Gasteiger partial charge in [0.15, 0.2) is 0 Å². The highest BCUT2D eigenvalue weighted by molar-refractivity contribution is 9.10. The van der Waals surface area contributed by atoms with Crippen molar-refractivity contribution in [2.45, 2.75) is 30.9 Å². The molecule has 1 amide bonds. The molecule has 182 valence electrons. The number of rotatable bonds is 7. The van der Waals surface area contributed by atoms with Gasteiger partial charge in [-0.3, -0.25) is 4.79 Å². The molecule has 33 heavy (non-hydrogen) atoms. The second-order valence-electron chi connectivity index (χ2n) is 6.26. The Balaban J connectivity index is 2.50. The van der Waals surface area contributed by atoms with Crippen molar-refractivity contribution >= 4 is 44.1 Å². The lowest BCUT2D eigenvalue weighted by Gasteiger charge is -2.32. The third-order valence-corrected chi connectivity index (χ3v) is 5.51. The van der Waals surface area contributed by atoms with Crippen LogP contribution in [0.3, 0.4) is 0 Å². The van der Waals surface area contributed by atoms with Gasteiger partial charge in [-0.15, -0.1) is 11.3 Å². The molecule has 0 atom stereocenters. The Bertz CT molecular complexity index is 1040. The van der Waals surface area contributed by atoms with E-state index in [9.17, 15) is 49.1 Å². The van der Waals surface area contributed by atoms with Gasteiger partial charge in [-0.1, -0.05) is 28.1 Å². The van der Waals surface area contributed by atoms with Gasteiger partial charge in [0.05, 0.1) is 6.61 Å². The lowest BCUT2D eigenvalue weighted by atomic mass is 10.0. The van der Waals surface area contributed by atoms with Crippen LogP contribution in [0.2, 0.25) is 0 Å². The molecule has 1 aromatic heterocycles. The molecule has 15 heteroatoms. The van der Waals surface area contributed by atoms with Crippen molar-refractivity contribution in [3.63, 3.8) is 0 Å². The average Bonchev–Trinajstić information content (AvgIpc) is 3.11. The predicted molar refractivity (Wildman–Crippen MR) is 103 cm³/mol. The van der Waals surface area contributed by atoms with E-state index in [1.807, 2.05) is 0 Å². The van der Waals surface area contributed by atoms with E-state index in [4.69, 9.17) is 4.74 Å². The summed E-state index contributed by atoms with van der Waals surface area (Å²) in [7, 11) is 0. The number of anilines is 1. The largest absolute Gasteiger partial charge is 0.462 e. The zero-order chi connectivity index (χ0) is 25.4. The molecular formula is C18H11BrF9NO3S. The van der Waals surface area contributed by atoms with E-state index < -0.39 is 46.4 Å². The first kappa shape index (κ1) is 27.0. The molecule has 1 heterocycles. The maximum absolute atomic E-state index is 13.9. The van der Waals surface area contributed by atoms with Crippen molar-refractivity contribution in [1.82, 2.24) is 0 Å². The number of hydrogen-bond donors (Lipinski definition) is 1. The molecule has 0 aliphatic carbocycles. The Morgan fingerprint density at radius 2 is 1.52 bits per heavy atom. The second-order valence-corrected chi connectivity index (χ2v) is 8.05. The van der Waals surface area contributed by atoms with Gasteiger partial charge in [0, 0.05) is 15.4 Å². The summed E-state index contributed by atoms with van der Waals surface area (Å²) < 4.78 is 123. The molecule has 0 radical (unpaired) electrons. The lowest BCUT2D eigenvalue weighted by Crippen LogP contribution is -2.64. The summed E-state index contributed by atoms with van der Waals surface area (Å²) in [5, 5.41) is 1.49. The van der Waals surface area contributed by atoms with E-state index in [1.165, 1.54) is 31.2 Å². The summed E-state index contributed by atoms with van der Waals surface area (Å²) in [6.07, 6.45) is -7.08. The van der Waals surface area contributed by atoms with Crippen LogP contribution in [0.15, 0.2) is 34.1 Å². The average molecular weight is 572 g/mol. The minimum Gasteiger partial charge on any atom is -0.462 e. The Morgan fingerprint density at radius 3 is 2.00 bits per heavy atom. The fourth-order valence-corrected chi connectivity index (χ4v) is 3.61. The van der Waals surface area contributed by atoms with Gasteiger partial charge in [-0.05, 0) is 24.6 Å². The third-order valence-electron chi connectivity index (χ3n) is 4.08. The normalized spacial score (nSPS) is 13.1. The summed E-state index contributed by atoms with van der Waals surface area (Å²) >= 11 is 3.52. The quantitative estimate of drug-likeness (QED) is 0.295. The van der Waals surface area contributed by atoms with E-state index in [1.54, 1.807) is 0 Å². The van der Waals surface area contributed by atoms with Crippen LogP contribution in [-0.4, -0.2) is 42.4 Å². The molecule has 0 fully saturated rings. The number of amides is 1. The van der Waals surface area contributed by atoms with E-state index in [0.29, 0.717) is 21.4 Å². The van der Waals surface area contributed by atoms with E-state index in [2.05, 4.69) is 15.9 Å². The Labute approximate surface area is 191 Å². The highest BCUT2D eigenvalue weighted by Crippen LogP contribution is 2.53. The van der Waals surface area contributed by atoms with Gasteiger partial charge in [0.1, 0.15) is 10.6 Å². The number of ether oxygens (including phenoxy) is 1. The summed E-state index contributed by atoms with van der Waals surface area (Å²) in [6.45, 7) is 1.14. The highest BCUT2D eigenvalue weighted by atomic mass is 79.9. The molecule has 1 aromatic carbocycles. The Kier molecular flexibility index (Phi) is 7.48. The number of hydrogen-bond acceptors (Lipinski definition) is 4. The standard InChI is InChI=1S/C18H11BrF9NO3S/c1-2-32-13(30)11-10(8-3-5-9(19)6-4-8)7-33-12(11)29-14(31)15(20,21)16(22,23)17(24,25)18(26,27)28/h3-7H,2H2,1H3,(H,29,31). The van der Waals surface area contributed by atoms with Crippen LogP contribution >= 0.6 is 27.3 Å². The number of benzene rings is 1. The van der Waals surface area contributed by atoms with Crippen molar-refractivity contribution in [3.8, 4) is 11.1 Å². The molecule has 4 nitrogen and oxygen atoms in total. The topological polar surface area (TPSA) is 55.4 Å². The minimum absolute atomic E-state index is 0.00283. The summed E-state index contributed by atoms with van der Waals surface area (Å²) in [5.41, 5.74) is -0.296. The molecule has 0 saturated carbocycles. The van der Waals surface area contributed by atoms with Crippen LogP contribution in [0.4, 0.5) is 44.5 Å². The molecule has 0 unspecified atom stereocenters. The van der Waals surface area contributed by atoms with Crippen molar-refractivity contribution < 1.29 is 53.8 Å². The first-order valence-electron chi connectivity index (χ1n) is 8.55. The predicted octanol–water partition coefficient (Wildman–Crippen LogP) is 6.76. The number of esters is 1.